The molecule has 1 unspecified atom stereocenters. The van der Waals surface area contributed by atoms with E-state index in [0.717, 1.165) is 18.4 Å². The maximum atomic E-state index is 12.3. The van der Waals surface area contributed by atoms with Crippen LogP contribution in [0, 0.1) is 19.8 Å². The van der Waals surface area contributed by atoms with Gasteiger partial charge in [0.2, 0.25) is 10.0 Å². The van der Waals surface area contributed by atoms with Gasteiger partial charge in [0, 0.05) is 11.6 Å². The molecule has 0 radical (unpaired) electrons. The van der Waals surface area contributed by atoms with Crippen molar-refractivity contribution in [2.75, 3.05) is 7.05 Å². The molecule has 1 aliphatic carbocycles. The molecule has 1 aromatic carbocycles. The van der Waals surface area contributed by atoms with Crippen molar-refractivity contribution in [1.29, 1.82) is 0 Å². The van der Waals surface area contributed by atoms with Gasteiger partial charge in [0.25, 0.3) is 5.91 Å². The van der Waals surface area contributed by atoms with Crippen LogP contribution in [0.1, 0.15) is 41.3 Å². The van der Waals surface area contributed by atoms with Crippen molar-refractivity contribution in [2.45, 2.75) is 44.6 Å². The molecule has 116 valence electrons. The highest BCUT2D eigenvalue weighted by Crippen LogP contribution is 2.32. The summed E-state index contributed by atoms with van der Waals surface area (Å²) in [4.78, 5) is 12.5. The Labute approximate surface area is 126 Å². The van der Waals surface area contributed by atoms with Crippen molar-refractivity contribution in [3.8, 4) is 0 Å². The minimum Gasteiger partial charge on any atom is -0.349 e. The number of aryl methyl sites for hydroxylation is 1. The first kappa shape index (κ1) is 16.0. The summed E-state index contributed by atoms with van der Waals surface area (Å²) in [5.74, 6) is 0.339. The fourth-order valence-corrected chi connectivity index (χ4v) is 3.42. The molecule has 21 heavy (non-hydrogen) atoms. The average Bonchev–Trinajstić information content (AvgIpc) is 3.25. The molecule has 0 saturated heterocycles. The van der Waals surface area contributed by atoms with Crippen molar-refractivity contribution >= 4 is 15.9 Å². The predicted octanol–water partition coefficient (Wildman–Crippen LogP) is 1.74. The Morgan fingerprint density at radius 3 is 2.43 bits per heavy atom. The Bertz CT molecular complexity index is 664. The number of carbonyl (C=O) groups excluding carboxylic acids is 1. The molecule has 0 heterocycles. The van der Waals surface area contributed by atoms with Crippen molar-refractivity contribution in [1.82, 2.24) is 10.0 Å². The summed E-state index contributed by atoms with van der Waals surface area (Å²) in [5.41, 5.74) is 1.84. The summed E-state index contributed by atoms with van der Waals surface area (Å²) in [6.07, 6.45) is 2.29. The molecule has 6 heteroatoms. The second-order valence-electron chi connectivity index (χ2n) is 5.72. The third-order valence-corrected chi connectivity index (χ3v) is 5.67. The fraction of sp³-hybridized carbons (Fsp3) is 0.533. The highest BCUT2D eigenvalue weighted by molar-refractivity contribution is 7.89. The van der Waals surface area contributed by atoms with Crippen LogP contribution in [0.5, 0.6) is 0 Å². The number of hydrogen-bond acceptors (Lipinski definition) is 3. The van der Waals surface area contributed by atoms with Crippen LogP contribution in [0.2, 0.25) is 0 Å². The van der Waals surface area contributed by atoms with E-state index < -0.39 is 10.0 Å². The number of sulfonamides is 1. The van der Waals surface area contributed by atoms with Gasteiger partial charge in [0.15, 0.2) is 0 Å². The molecule has 0 aliphatic heterocycles. The summed E-state index contributed by atoms with van der Waals surface area (Å²) < 4.78 is 26.4. The molecule has 1 fully saturated rings. The maximum Gasteiger partial charge on any atom is 0.251 e. The molecule has 1 saturated carbocycles. The van der Waals surface area contributed by atoms with Crippen LogP contribution in [0.3, 0.4) is 0 Å². The van der Waals surface area contributed by atoms with Crippen LogP contribution in [0.25, 0.3) is 0 Å². The lowest BCUT2D eigenvalue weighted by atomic mass is 10.1. The first-order valence-corrected chi connectivity index (χ1v) is 8.60. The number of carbonyl (C=O) groups is 1. The molecule has 1 aromatic rings. The van der Waals surface area contributed by atoms with Gasteiger partial charge < -0.3 is 5.32 Å². The summed E-state index contributed by atoms with van der Waals surface area (Å²) in [5, 5.41) is 2.95. The minimum absolute atomic E-state index is 0.128. The Morgan fingerprint density at radius 1 is 1.29 bits per heavy atom. The minimum atomic E-state index is -3.57. The molecular weight excluding hydrogens is 288 g/mol. The van der Waals surface area contributed by atoms with Gasteiger partial charge in [-0.15, -0.1) is 0 Å². The Balaban J connectivity index is 2.34. The lowest BCUT2D eigenvalue weighted by molar-refractivity contribution is 0.0935. The van der Waals surface area contributed by atoms with Gasteiger partial charge in [0.05, 0.1) is 4.90 Å². The number of benzene rings is 1. The molecule has 2 N–H and O–H groups in total. The highest BCUT2D eigenvalue weighted by atomic mass is 32.2. The SMILES string of the molecule is CNS(=O)(=O)c1cc(C(=O)NC(C)C2CC2)cc(C)c1C. The molecule has 5 nitrogen and oxygen atoms in total. The van der Waals surface area contributed by atoms with E-state index in [2.05, 4.69) is 10.0 Å². The Hall–Kier alpha value is -1.40. The molecule has 1 aliphatic rings. The molecule has 0 aromatic heterocycles. The van der Waals surface area contributed by atoms with Crippen LogP contribution >= 0.6 is 0 Å². The van der Waals surface area contributed by atoms with E-state index in [9.17, 15) is 13.2 Å². The normalized spacial score (nSPS) is 16.6. The van der Waals surface area contributed by atoms with Crippen LogP contribution in [0.15, 0.2) is 17.0 Å². The van der Waals surface area contributed by atoms with E-state index in [1.165, 1.54) is 13.1 Å². The van der Waals surface area contributed by atoms with Crippen LogP contribution in [-0.2, 0) is 10.0 Å². The Morgan fingerprint density at radius 2 is 1.90 bits per heavy atom. The number of nitrogens with one attached hydrogen (secondary N) is 2. The summed E-state index contributed by atoms with van der Waals surface area (Å²) >= 11 is 0. The average molecular weight is 310 g/mol. The first-order valence-electron chi connectivity index (χ1n) is 7.12. The zero-order chi connectivity index (χ0) is 15.8. The Kier molecular flexibility index (Phi) is 4.39. The van der Waals surface area contributed by atoms with Gasteiger partial charge >= 0.3 is 0 Å². The monoisotopic (exact) mass is 310 g/mol. The predicted molar refractivity (Wildman–Crippen MR) is 81.8 cm³/mol. The van der Waals surface area contributed by atoms with E-state index in [1.54, 1.807) is 13.0 Å². The van der Waals surface area contributed by atoms with Gasteiger partial charge in [-0.2, -0.15) is 0 Å². The van der Waals surface area contributed by atoms with E-state index in [1.807, 2.05) is 13.8 Å². The second kappa shape index (κ2) is 5.77. The van der Waals surface area contributed by atoms with Gasteiger partial charge in [-0.05, 0) is 69.8 Å². The number of amides is 1. The lowest BCUT2D eigenvalue weighted by Crippen LogP contribution is -2.34. The topological polar surface area (TPSA) is 75.3 Å². The molecule has 1 atom stereocenters. The summed E-state index contributed by atoms with van der Waals surface area (Å²) in [7, 11) is -2.20. The third kappa shape index (κ3) is 3.44. The first-order chi connectivity index (χ1) is 9.76. The van der Waals surface area contributed by atoms with Crippen LogP contribution in [0.4, 0.5) is 0 Å². The van der Waals surface area contributed by atoms with Gasteiger partial charge in [-0.25, -0.2) is 13.1 Å². The zero-order valence-electron chi connectivity index (χ0n) is 12.9. The van der Waals surface area contributed by atoms with E-state index >= 15 is 0 Å². The third-order valence-electron chi connectivity index (χ3n) is 4.13. The van der Waals surface area contributed by atoms with Crippen LogP contribution in [-0.4, -0.2) is 27.4 Å². The zero-order valence-corrected chi connectivity index (χ0v) is 13.7. The molecule has 0 spiro atoms. The van der Waals surface area contributed by atoms with Gasteiger partial charge in [-0.1, -0.05) is 0 Å². The second-order valence-corrected chi connectivity index (χ2v) is 7.58. The molecule has 1 amide bonds. The highest BCUT2D eigenvalue weighted by Gasteiger charge is 2.29. The summed E-state index contributed by atoms with van der Waals surface area (Å²) in [6, 6.07) is 3.31. The largest absolute Gasteiger partial charge is 0.349 e. The molecule has 0 bridgehead atoms. The summed E-state index contributed by atoms with van der Waals surface area (Å²) in [6.45, 7) is 5.54. The quantitative estimate of drug-likeness (QED) is 0.870. The maximum absolute atomic E-state index is 12.3. The van der Waals surface area contributed by atoms with Crippen molar-refractivity contribution < 1.29 is 13.2 Å². The van der Waals surface area contributed by atoms with E-state index in [-0.39, 0.29) is 16.8 Å². The lowest BCUT2D eigenvalue weighted by Gasteiger charge is -2.15. The van der Waals surface area contributed by atoms with Crippen molar-refractivity contribution in [3.05, 3.63) is 28.8 Å². The van der Waals surface area contributed by atoms with Crippen molar-refractivity contribution in [2.24, 2.45) is 5.92 Å². The van der Waals surface area contributed by atoms with Crippen LogP contribution < -0.4 is 10.0 Å². The molecular formula is C15H22N2O3S. The van der Waals surface area contributed by atoms with Gasteiger partial charge in [-0.3, -0.25) is 4.79 Å². The van der Waals surface area contributed by atoms with E-state index in [4.69, 9.17) is 0 Å². The fourth-order valence-electron chi connectivity index (χ4n) is 2.35. The number of rotatable bonds is 5. The van der Waals surface area contributed by atoms with Gasteiger partial charge in [0.1, 0.15) is 0 Å². The smallest absolute Gasteiger partial charge is 0.251 e. The van der Waals surface area contributed by atoms with E-state index in [0.29, 0.717) is 17.0 Å². The number of hydrogen-bond donors (Lipinski definition) is 2. The standard InChI is InChI=1S/C15H22N2O3S/c1-9-7-13(15(18)17-11(3)12-5-6-12)8-14(10(9)2)21(19,20)16-4/h7-8,11-12,16H,5-6H2,1-4H3,(H,17,18). The molecule has 2 rings (SSSR count). The van der Waals surface area contributed by atoms with Crippen molar-refractivity contribution in [3.63, 3.8) is 0 Å².